The molecule has 3 heteroatoms. The van der Waals surface area contributed by atoms with Crippen molar-refractivity contribution in [3.8, 4) is 0 Å². The van der Waals surface area contributed by atoms with E-state index in [0.717, 1.165) is 32.1 Å². The third-order valence-electron chi connectivity index (χ3n) is 8.28. The fraction of sp³-hybridized carbons (Fsp3) is 0.900. The Kier molecular flexibility index (Phi) is 3.38. The second-order valence-corrected chi connectivity index (χ2v) is 9.56. The van der Waals surface area contributed by atoms with Crippen molar-refractivity contribution in [2.75, 3.05) is 6.61 Å². The van der Waals surface area contributed by atoms with Gasteiger partial charge in [0.25, 0.3) is 0 Å². The maximum atomic E-state index is 11.3. The van der Waals surface area contributed by atoms with Gasteiger partial charge < -0.3 is 14.9 Å². The summed E-state index contributed by atoms with van der Waals surface area (Å²) >= 11 is 0. The number of hydrogen-bond acceptors (Lipinski definition) is 3. The lowest BCUT2D eigenvalue weighted by Gasteiger charge is -2.63. The van der Waals surface area contributed by atoms with Crippen molar-refractivity contribution in [2.24, 2.45) is 22.7 Å². The standard InChI is InChI=1S/C20H32O3/c1-12-5-6-13-9-15-19(4,8-7-17-20(15,22)11-23-17)16(21)10-14(12)18(13,2)3/h13,15-17,21-22H,5-11H2,1-4H3/t13-,15-,16?,17?,19+,20+/m0/s1. The summed E-state index contributed by atoms with van der Waals surface area (Å²) in [6.07, 6.45) is 5.65. The summed E-state index contributed by atoms with van der Waals surface area (Å²) in [5.41, 5.74) is 2.22. The van der Waals surface area contributed by atoms with Crippen LogP contribution in [0.15, 0.2) is 11.1 Å². The molecule has 6 atom stereocenters. The van der Waals surface area contributed by atoms with Gasteiger partial charge in [0, 0.05) is 5.92 Å². The first-order chi connectivity index (χ1) is 10.7. The van der Waals surface area contributed by atoms with Crippen LogP contribution in [0, 0.1) is 22.7 Å². The minimum absolute atomic E-state index is 0.00403. The molecule has 0 aromatic carbocycles. The predicted molar refractivity (Wildman–Crippen MR) is 90.0 cm³/mol. The summed E-state index contributed by atoms with van der Waals surface area (Å²) in [4.78, 5) is 0. The Morgan fingerprint density at radius 3 is 2.57 bits per heavy atom. The van der Waals surface area contributed by atoms with Crippen LogP contribution in [0.2, 0.25) is 0 Å². The Morgan fingerprint density at radius 2 is 1.91 bits per heavy atom. The highest BCUT2D eigenvalue weighted by molar-refractivity contribution is 5.28. The molecule has 4 rings (SSSR count). The van der Waals surface area contributed by atoms with E-state index in [1.165, 1.54) is 17.6 Å². The second-order valence-electron chi connectivity index (χ2n) is 9.56. The Balaban J connectivity index is 1.79. The molecule has 0 spiro atoms. The van der Waals surface area contributed by atoms with E-state index in [2.05, 4.69) is 27.7 Å². The number of ether oxygens (including phenoxy) is 1. The van der Waals surface area contributed by atoms with Crippen molar-refractivity contribution in [3.63, 3.8) is 0 Å². The number of hydrogen-bond donors (Lipinski definition) is 2. The SMILES string of the molecule is CC1=C2CC(O)[C@]3(C)CCC4OC[C@@]4(O)[C@H]3C[C@H](CC1)C2(C)C. The van der Waals surface area contributed by atoms with Gasteiger partial charge in [-0.05, 0) is 62.2 Å². The maximum Gasteiger partial charge on any atom is 0.117 e. The van der Waals surface area contributed by atoms with Crippen LogP contribution in [0.1, 0.15) is 66.2 Å². The smallest absolute Gasteiger partial charge is 0.117 e. The van der Waals surface area contributed by atoms with Crippen LogP contribution in [-0.4, -0.2) is 34.6 Å². The number of aliphatic hydroxyl groups is 2. The molecule has 2 saturated carbocycles. The van der Waals surface area contributed by atoms with Crippen LogP contribution in [-0.2, 0) is 4.74 Å². The molecule has 2 N–H and O–H groups in total. The van der Waals surface area contributed by atoms with E-state index in [9.17, 15) is 10.2 Å². The van der Waals surface area contributed by atoms with Gasteiger partial charge in [-0.2, -0.15) is 0 Å². The van der Waals surface area contributed by atoms with Crippen molar-refractivity contribution in [1.82, 2.24) is 0 Å². The molecule has 4 aliphatic rings. The van der Waals surface area contributed by atoms with Crippen molar-refractivity contribution < 1.29 is 14.9 Å². The highest BCUT2D eigenvalue weighted by Crippen LogP contribution is 2.61. The van der Waals surface area contributed by atoms with E-state index in [-0.39, 0.29) is 29.0 Å². The minimum atomic E-state index is -0.711. The lowest BCUT2D eigenvalue weighted by molar-refractivity contribution is -0.313. The highest BCUT2D eigenvalue weighted by Gasteiger charge is 2.64. The summed E-state index contributed by atoms with van der Waals surface area (Å²) in [5, 5.41) is 22.5. The van der Waals surface area contributed by atoms with Gasteiger partial charge >= 0.3 is 0 Å². The zero-order chi connectivity index (χ0) is 16.6. The molecule has 1 aliphatic heterocycles. The van der Waals surface area contributed by atoms with Crippen LogP contribution in [0.3, 0.4) is 0 Å². The van der Waals surface area contributed by atoms with Gasteiger partial charge in [0.2, 0.25) is 0 Å². The van der Waals surface area contributed by atoms with Gasteiger partial charge in [0.1, 0.15) is 5.60 Å². The third kappa shape index (κ3) is 1.99. The number of allylic oxidation sites excluding steroid dienone is 1. The van der Waals surface area contributed by atoms with E-state index in [1.807, 2.05) is 0 Å². The summed E-state index contributed by atoms with van der Waals surface area (Å²) < 4.78 is 5.67. The number of fused-ring (bicyclic) bond motifs is 5. The molecule has 0 amide bonds. The van der Waals surface area contributed by atoms with E-state index < -0.39 is 5.60 Å². The first-order valence-electron chi connectivity index (χ1n) is 9.41. The van der Waals surface area contributed by atoms with E-state index >= 15 is 0 Å². The molecule has 1 saturated heterocycles. The summed E-state index contributed by atoms with van der Waals surface area (Å²) in [6.45, 7) is 9.64. The van der Waals surface area contributed by atoms with E-state index in [1.54, 1.807) is 0 Å². The van der Waals surface area contributed by atoms with Crippen LogP contribution >= 0.6 is 0 Å². The first-order valence-corrected chi connectivity index (χ1v) is 9.41. The highest BCUT2D eigenvalue weighted by atomic mass is 16.6. The lowest BCUT2D eigenvalue weighted by Crippen LogP contribution is -2.71. The molecule has 3 aliphatic carbocycles. The van der Waals surface area contributed by atoms with Crippen LogP contribution in [0.25, 0.3) is 0 Å². The molecular weight excluding hydrogens is 288 g/mol. The van der Waals surface area contributed by atoms with Gasteiger partial charge in [-0.3, -0.25) is 0 Å². The van der Waals surface area contributed by atoms with Crippen molar-refractivity contribution in [1.29, 1.82) is 0 Å². The first kappa shape index (κ1) is 16.1. The Bertz CT molecular complexity index is 551. The largest absolute Gasteiger partial charge is 0.392 e. The monoisotopic (exact) mass is 320 g/mol. The molecule has 2 unspecified atom stereocenters. The third-order valence-corrected chi connectivity index (χ3v) is 8.28. The van der Waals surface area contributed by atoms with Crippen molar-refractivity contribution >= 4 is 0 Å². The molecule has 130 valence electrons. The fourth-order valence-corrected chi connectivity index (χ4v) is 6.35. The molecule has 3 nitrogen and oxygen atoms in total. The van der Waals surface area contributed by atoms with Crippen LogP contribution in [0.4, 0.5) is 0 Å². The molecule has 23 heavy (non-hydrogen) atoms. The van der Waals surface area contributed by atoms with Gasteiger partial charge in [-0.1, -0.05) is 31.9 Å². The number of aliphatic hydroxyl groups excluding tert-OH is 1. The van der Waals surface area contributed by atoms with Gasteiger partial charge in [-0.15, -0.1) is 0 Å². The lowest BCUT2D eigenvalue weighted by atomic mass is 9.48. The number of rotatable bonds is 0. The quantitative estimate of drug-likeness (QED) is 0.672. The van der Waals surface area contributed by atoms with Gasteiger partial charge in [0.05, 0.1) is 18.8 Å². The van der Waals surface area contributed by atoms with E-state index in [4.69, 9.17) is 4.74 Å². The van der Waals surface area contributed by atoms with Crippen molar-refractivity contribution in [3.05, 3.63) is 11.1 Å². The average molecular weight is 320 g/mol. The molecular formula is C20H32O3. The van der Waals surface area contributed by atoms with Crippen LogP contribution in [0.5, 0.6) is 0 Å². The molecule has 0 aromatic heterocycles. The molecule has 2 bridgehead atoms. The molecule has 0 radical (unpaired) electrons. The fourth-order valence-electron chi connectivity index (χ4n) is 6.35. The van der Waals surface area contributed by atoms with Gasteiger partial charge in [0.15, 0.2) is 0 Å². The topological polar surface area (TPSA) is 49.7 Å². The molecule has 1 heterocycles. The molecule has 3 fully saturated rings. The Hall–Kier alpha value is -0.380. The zero-order valence-corrected chi connectivity index (χ0v) is 15.1. The van der Waals surface area contributed by atoms with Crippen LogP contribution < -0.4 is 0 Å². The van der Waals surface area contributed by atoms with Gasteiger partial charge in [-0.25, -0.2) is 0 Å². The Morgan fingerprint density at radius 1 is 1.17 bits per heavy atom. The minimum Gasteiger partial charge on any atom is -0.392 e. The maximum absolute atomic E-state index is 11.3. The normalized spacial score (nSPS) is 51.9. The zero-order valence-electron chi connectivity index (χ0n) is 15.1. The van der Waals surface area contributed by atoms with Crippen molar-refractivity contribution in [2.45, 2.75) is 84.0 Å². The predicted octanol–water partition coefficient (Wildman–Crippen LogP) is 3.44. The summed E-state index contributed by atoms with van der Waals surface area (Å²) in [6, 6.07) is 0. The summed E-state index contributed by atoms with van der Waals surface area (Å²) in [7, 11) is 0. The average Bonchev–Trinajstić information content (AvgIpc) is 2.46. The second kappa shape index (κ2) is 4.83. The summed E-state index contributed by atoms with van der Waals surface area (Å²) in [5.74, 6) is 0.753. The Labute approximate surface area is 140 Å². The molecule has 0 aromatic rings. The van der Waals surface area contributed by atoms with E-state index in [0.29, 0.717) is 12.5 Å².